The van der Waals surface area contributed by atoms with Crippen LogP contribution < -0.4 is 5.32 Å². The zero-order chi connectivity index (χ0) is 9.42. The number of nitrogens with zero attached hydrogens (tertiary/aromatic N) is 1. The minimum atomic E-state index is 0.172. The lowest BCUT2D eigenvalue weighted by molar-refractivity contribution is -0.133. The van der Waals surface area contributed by atoms with Crippen LogP contribution in [0.3, 0.4) is 0 Å². The third-order valence-electron chi connectivity index (χ3n) is 3.03. The van der Waals surface area contributed by atoms with Gasteiger partial charge in [-0.25, -0.2) is 0 Å². The van der Waals surface area contributed by atoms with Gasteiger partial charge in [-0.05, 0) is 25.1 Å². The lowest BCUT2D eigenvalue weighted by atomic mass is 9.82. The molecule has 0 radical (unpaired) electrons. The molecule has 1 aliphatic carbocycles. The number of amides is 1. The molecular formula is C9H14N2OS. The standard InChI is InChI=1S/C9H14N2OS/c1-11-8(12)6-4-2-3-5-7(6)10-9(11)13/h6-7H,2-5H2,1H3,(H,10,13). The summed E-state index contributed by atoms with van der Waals surface area (Å²) in [7, 11) is 1.75. The van der Waals surface area contributed by atoms with Crippen LogP contribution >= 0.6 is 12.2 Å². The van der Waals surface area contributed by atoms with E-state index in [2.05, 4.69) is 5.32 Å². The maximum absolute atomic E-state index is 11.8. The Morgan fingerprint density at radius 2 is 2.15 bits per heavy atom. The Hall–Kier alpha value is -0.640. The summed E-state index contributed by atoms with van der Waals surface area (Å²) >= 11 is 5.07. The van der Waals surface area contributed by atoms with Crippen LogP contribution in [0.2, 0.25) is 0 Å². The fourth-order valence-corrected chi connectivity index (χ4v) is 2.44. The molecule has 0 bridgehead atoms. The highest BCUT2D eigenvalue weighted by atomic mass is 32.1. The molecule has 0 aromatic rings. The Labute approximate surface area is 83.5 Å². The van der Waals surface area contributed by atoms with Gasteiger partial charge in [-0.3, -0.25) is 9.69 Å². The van der Waals surface area contributed by atoms with Crippen molar-refractivity contribution in [2.75, 3.05) is 7.05 Å². The second kappa shape index (κ2) is 3.25. The topological polar surface area (TPSA) is 32.3 Å². The predicted molar refractivity (Wildman–Crippen MR) is 54.2 cm³/mol. The molecule has 2 aliphatic rings. The van der Waals surface area contributed by atoms with Gasteiger partial charge >= 0.3 is 0 Å². The van der Waals surface area contributed by atoms with Gasteiger partial charge in [-0.15, -0.1) is 0 Å². The first-order chi connectivity index (χ1) is 6.20. The number of carbonyl (C=O) groups excluding carboxylic acids is 1. The molecule has 0 aromatic carbocycles. The zero-order valence-corrected chi connectivity index (χ0v) is 8.56. The van der Waals surface area contributed by atoms with E-state index >= 15 is 0 Å². The number of thiocarbonyl (C=S) groups is 1. The summed E-state index contributed by atoms with van der Waals surface area (Å²) in [4.78, 5) is 13.3. The van der Waals surface area contributed by atoms with Crippen LogP contribution in [0.1, 0.15) is 25.7 Å². The molecule has 1 N–H and O–H groups in total. The van der Waals surface area contributed by atoms with Crippen molar-refractivity contribution in [1.29, 1.82) is 0 Å². The van der Waals surface area contributed by atoms with Crippen molar-refractivity contribution >= 4 is 23.2 Å². The van der Waals surface area contributed by atoms with Gasteiger partial charge < -0.3 is 5.32 Å². The predicted octanol–water partition coefficient (Wildman–Crippen LogP) is 0.892. The molecule has 0 spiro atoms. The molecule has 0 aromatic heterocycles. The van der Waals surface area contributed by atoms with Crippen LogP contribution in [-0.2, 0) is 4.79 Å². The average molecular weight is 198 g/mol. The lowest BCUT2D eigenvalue weighted by Crippen LogP contribution is -2.59. The number of hydrogen-bond donors (Lipinski definition) is 1. The third-order valence-corrected chi connectivity index (χ3v) is 3.42. The molecule has 1 saturated heterocycles. The van der Waals surface area contributed by atoms with Gasteiger partial charge in [0.05, 0.1) is 5.92 Å². The maximum Gasteiger partial charge on any atom is 0.233 e. The maximum atomic E-state index is 11.8. The highest BCUT2D eigenvalue weighted by molar-refractivity contribution is 7.80. The molecule has 2 atom stereocenters. The first kappa shape index (κ1) is 8.94. The molecule has 1 amide bonds. The highest BCUT2D eigenvalue weighted by Crippen LogP contribution is 2.28. The van der Waals surface area contributed by atoms with Crippen LogP contribution in [0, 0.1) is 5.92 Å². The SMILES string of the molecule is CN1C(=O)C2CCCCC2NC1=S. The highest BCUT2D eigenvalue weighted by Gasteiger charge is 2.38. The fourth-order valence-electron chi connectivity index (χ4n) is 2.20. The molecule has 1 saturated carbocycles. The minimum Gasteiger partial charge on any atom is -0.359 e. The number of carbonyl (C=O) groups is 1. The van der Waals surface area contributed by atoms with E-state index in [-0.39, 0.29) is 11.8 Å². The van der Waals surface area contributed by atoms with Gasteiger partial charge in [-0.2, -0.15) is 0 Å². The van der Waals surface area contributed by atoms with Gasteiger partial charge in [0.1, 0.15) is 0 Å². The van der Waals surface area contributed by atoms with Crippen LogP contribution in [0.5, 0.6) is 0 Å². The molecule has 1 heterocycles. The Morgan fingerprint density at radius 3 is 2.92 bits per heavy atom. The first-order valence-electron chi connectivity index (χ1n) is 4.78. The van der Waals surface area contributed by atoms with Crippen molar-refractivity contribution in [1.82, 2.24) is 10.2 Å². The van der Waals surface area contributed by atoms with E-state index in [1.807, 2.05) is 0 Å². The monoisotopic (exact) mass is 198 g/mol. The van der Waals surface area contributed by atoms with E-state index in [1.165, 1.54) is 12.8 Å². The fraction of sp³-hybridized carbons (Fsp3) is 0.778. The quantitative estimate of drug-likeness (QED) is 0.587. The Kier molecular flexibility index (Phi) is 2.24. The second-order valence-corrected chi connectivity index (χ2v) is 4.23. The smallest absolute Gasteiger partial charge is 0.233 e. The van der Waals surface area contributed by atoms with Crippen molar-refractivity contribution in [2.45, 2.75) is 31.7 Å². The number of fused-ring (bicyclic) bond motifs is 1. The molecule has 3 nitrogen and oxygen atoms in total. The van der Waals surface area contributed by atoms with Gasteiger partial charge in [-0.1, -0.05) is 12.8 Å². The molecule has 2 rings (SSSR count). The molecular weight excluding hydrogens is 184 g/mol. The normalized spacial score (nSPS) is 34.1. The Morgan fingerprint density at radius 1 is 1.46 bits per heavy atom. The second-order valence-electron chi connectivity index (χ2n) is 3.84. The van der Waals surface area contributed by atoms with E-state index in [9.17, 15) is 4.79 Å². The van der Waals surface area contributed by atoms with E-state index in [4.69, 9.17) is 12.2 Å². The van der Waals surface area contributed by atoms with Crippen molar-refractivity contribution in [3.05, 3.63) is 0 Å². The van der Waals surface area contributed by atoms with Crippen molar-refractivity contribution < 1.29 is 4.79 Å². The van der Waals surface area contributed by atoms with Crippen molar-refractivity contribution in [3.63, 3.8) is 0 Å². The lowest BCUT2D eigenvalue weighted by Gasteiger charge is -2.40. The van der Waals surface area contributed by atoms with Crippen molar-refractivity contribution in [3.8, 4) is 0 Å². The largest absolute Gasteiger partial charge is 0.359 e. The molecule has 2 fully saturated rings. The minimum absolute atomic E-state index is 0.172. The van der Waals surface area contributed by atoms with Crippen LogP contribution in [0.25, 0.3) is 0 Å². The number of rotatable bonds is 0. The molecule has 1 aliphatic heterocycles. The van der Waals surface area contributed by atoms with Gasteiger partial charge in [0.15, 0.2) is 5.11 Å². The summed E-state index contributed by atoms with van der Waals surface area (Å²) in [6.45, 7) is 0. The third kappa shape index (κ3) is 1.43. The first-order valence-corrected chi connectivity index (χ1v) is 5.19. The van der Waals surface area contributed by atoms with Crippen molar-refractivity contribution in [2.24, 2.45) is 5.92 Å². The molecule has 13 heavy (non-hydrogen) atoms. The van der Waals surface area contributed by atoms with E-state index in [0.717, 1.165) is 12.8 Å². The Bertz CT molecular complexity index is 254. The van der Waals surface area contributed by atoms with Crippen LogP contribution in [0.4, 0.5) is 0 Å². The van der Waals surface area contributed by atoms with Gasteiger partial charge in [0.2, 0.25) is 5.91 Å². The molecule has 72 valence electrons. The van der Waals surface area contributed by atoms with Crippen LogP contribution in [-0.4, -0.2) is 29.0 Å². The summed E-state index contributed by atoms with van der Waals surface area (Å²) in [5, 5.41) is 3.83. The number of hydrogen-bond acceptors (Lipinski definition) is 2. The van der Waals surface area contributed by atoms with Gasteiger partial charge in [0.25, 0.3) is 0 Å². The van der Waals surface area contributed by atoms with E-state index in [1.54, 1.807) is 11.9 Å². The Balaban J connectivity index is 2.17. The van der Waals surface area contributed by atoms with E-state index < -0.39 is 0 Å². The zero-order valence-electron chi connectivity index (χ0n) is 7.75. The summed E-state index contributed by atoms with van der Waals surface area (Å²) in [5.74, 6) is 0.374. The van der Waals surface area contributed by atoms with Gasteiger partial charge in [0, 0.05) is 13.1 Å². The van der Waals surface area contributed by atoms with Crippen LogP contribution in [0.15, 0.2) is 0 Å². The summed E-state index contributed by atoms with van der Waals surface area (Å²) in [6.07, 6.45) is 4.50. The average Bonchev–Trinajstić information content (AvgIpc) is 2.15. The summed E-state index contributed by atoms with van der Waals surface area (Å²) in [5.41, 5.74) is 0. The number of nitrogens with one attached hydrogen (secondary N) is 1. The van der Waals surface area contributed by atoms with E-state index in [0.29, 0.717) is 11.2 Å². The summed E-state index contributed by atoms with van der Waals surface area (Å²) < 4.78 is 0. The molecule has 4 heteroatoms. The summed E-state index contributed by atoms with van der Waals surface area (Å²) in [6, 6.07) is 0.310. The molecule has 2 unspecified atom stereocenters.